The summed E-state index contributed by atoms with van der Waals surface area (Å²) in [5.41, 5.74) is 2.13. The SMILES string of the molecule is CCc1c(CCl)cnn1-c1cccnn1. The van der Waals surface area contributed by atoms with Gasteiger partial charge in [-0.2, -0.15) is 10.2 Å². The predicted octanol–water partition coefficient (Wildman–Crippen LogP) is 1.96. The summed E-state index contributed by atoms with van der Waals surface area (Å²) in [6.07, 6.45) is 4.29. The Kier molecular flexibility index (Phi) is 2.97. The molecule has 0 fully saturated rings. The predicted molar refractivity (Wildman–Crippen MR) is 58.1 cm³/mol. The molecule has 0 aliphatic carbocycles. The fourth-order valence-corrected chi connectivity index (χ4v) is 1.72. The van der Waals surface area contributed by atoms with Crippen LogP contribution in [0.4, 0.5) is 0 Å². The molecular weight excluding hydrogens is 212 g/mol. The van der Waals surface area contributed by atoms with Gasteiger partial charge in [-0.25, -0.2) is 4.68 Å². The Balaban J connectivity index is 2.49. The van der Waals surface area contributed by atoms with E-state index in [-0.39, 0.29) is 0 Å². The molecule has 0 spiro atoms. The summed E-state index contributed by atoms with van der Waals surface area (Å²) in [5.74, 6) is 1.20. The third-order valence-electron chi connectivity index (χ3n) is 2.21. The Labute approximate surface area is 92.9 Å². The monoisotopic (exact) mass is 222 g/mol. The van der Waals surface area contributed by atoms with Crippen molar-refractivity contribution in [2.75, 3.05) is 0 Å². The fraction of sp³-hybridized carbons (Fsp3) is 0.300. The summed E-state index contributed by atoms with van der Waals surface area (Å²) in [6.45, 7) is 2.07. The zero-order valence-electron chi connectivity index (χ0n) is 8.39. The van der Waals surface area contributed by atoms with Crippen molar-refractivity contribution in [3.63, 3.8) is 0 Å². The molecule has 0 saturated heterocycles. The van der Waals surface area contributed by atoms with Crippen molar-refractivity contribution in [1.82, 2.24) is 20.0 Å². The maximum Gasteiger partial charge on any atom is 0.175 e. The van der Waals surface area contributed by atoms with Crippen molar-refractivity contribution in [3.8, 4) is 5.82 Å². The molecule has 0 aromatic carbocycles. The molecule has 2 aromatic heterocycles. The van der Waals surface area contributed by atoms with Crippen molar-refractivity contribution in [2.45, 2.75) is 19.2 Å². The zero-order valence-corrected chi connectivity index (χ0v) is 9.15. The van der Waals surface area contributed by atoms with Crippen LogP contribution >= 0.6 is 11.6 Å². The Morgan fingerprint density at radius 1 is 1.47 bits per heavy atom. The number of hydrogen-bond acceptors (Lipinski definition) is 3. The highest BCUT2D eigenvalue weighted by atomic mass is 35.5. The topological polar surface area (TPSA) is 43.6 Å². The molecule has 78 valence electrons. The lowest BCUT2D eigenvalue weighted by molar-refractivity contribution is 0.766. The number of halogens is 1. The molecule has 0 atom stereocenters. The quantitative estimate of drug-likeness (QED) is 0.746. The first kappa shape index (κ1) is 10.1. The van der Waals surface area contributed by atoms with E-state index >= 15 is 0 Å². The van der Waals surface area contributed by atoms with Gasteiger partial charge in [0, 0.05) is 11.8 Å². The van der Waals surface area contributed by atoms with Crippen LogP contribution in [0, 0.1) is 0 Å². The van der Waals surface area contributed by atoms with E-state index in [0.29, 0.717) is 5.88 Å². The van der Waals surface area contributed by atoms with E-state index in [2.05, 4.69) is 22.2 Å². The van der Waals surface area contributed by atoms with E-state index in [0.717, 1.165) is 23.5 Å². The minimum atomic E-state index is 0.476. The van der Waals surface area contributed by atoms with Crippen LogP contribution in [0.5, 0.6) is 0 Å². The lowest BCUT2D eigenvalue weighted by Gasteiger charge is -2.04. The smallest absolute Gasteiger partial charge is 0.175 e. The molecule has 0 amide bonds. The van der Waals surface area contributed by atoms with Gasteiger partial charge in [0.25, 0.3) is 0 Å². The van der Waals surface area contributed by atoms with Gasteiger partial charge in [0.05, 0.1) is 17.8 Å². The molecule has 2 rings (SSSR count). The minimum absolute atomic E-state index is 0.476. The summed E-state index contributed by atoms with van der Waals surface area (Å²) >= 11 is 5.82. The van der Waals surface area contributed by atoms with E-state index in [1.165, 1.54) is 0 Å². The van der Waals surface area contributed by atoms with Gasteiger partial charge in [-0.1, -0.05) is 6.92 Å². The van der Waals surface area contributed by atoms with Crippen molar-refractivity contribution in [3.05, 3.63) is 35.8 Å². The Morgan fingerprint density at radius 2 is 2.33 bits per heavy atom. The molecule has 0 unspecified atom stereocenters. The van der Waals surface area contributed by atoms with Crippen molar-refractivity contribution in [2.24, 2.45) is 0 Å². The molecule has 4 nitrogen and oxygen atoms in total. The second-order valence-corrected chi connectivity index (χ2v) is 3.36. The second-order valence-electron chi connectivity index (χ2n) is 3.10. The number of alkyl halides is 1. The lowest BCUT2D eigenvalue weighted by atomic mass is 10.2. The van der Waals surface area contributed by atoms with Gasteiger partial charge in [-0.3, -0.25) is 0 Å². The van der Waals surface area contributed by atoms with Crippen molar-refractivity contribution in [1.29, 1.82) is 0 Å². The van der Waals surface area contributed by atoms with Gasteiger partial charge in [0.2, 0.25) is 0 Å². The standard InChI is InChI=1S/C10H11ClN4/c1-2-9-8(6-11)7-13-15(9)10-4-3-5-12-14-10/h3-5,7H,2,6H2,1H3. The summed E-state index contributed by atoms with van der Waals surface area (Å²) in [5, 5.41) is 12.1. The number of nitrogens with zero attached hydrogens (tertiary/aromatic N) is 4. The van der Waals surface area contributed by atoms with Gasteiger partial charge in [0.1, 0.15) is 0 Å². The van der Waals surface area contributed by atoms with Gasteiger partial charge >= 0.3 is 0 Å². The summed E-state index contributed by atoms with van der Waals surface area (Å²) in [7, 11) is 0. The number of aromatic nitrogens is 4. The molecule has 2 heterocycles. The van der Waals surface area contributed by atoms with Crippen LogP contribution in [-0.4, -0.2) is 20.0 Å². The summed E-state index contributed by atoms with van der Waals surface area (Å²) < 4.78 is 1.78. The van der Waals surface area contributed by atoms with Crippen LogP contribution in [0.1, 0.15) is 18.2 Å². The molecular formula is C10H11ClN4. The second kappa shape index (κ2) is 4.40. The van der Waals surface area contributed by atoms with E-state index in [1.807, 2.05) is 12.1 Å². The molecule has 0 bridgehead atoms. The highest BCUT2D eigenvalue weighted by Crippen LogP contribution is 2.15. The average molecular weight is 223 g/mol. The number of rotatable bonds is 3. The first-order chi connectivity index (χ1) is 7.36. The largest absolute Gasteiger partial charge is 0.217 e. The first-order valence-electron chi connectivity index (χ1n) is 4.76. The van der Waals surface area contributed by atoms with Crippen LogP contribution in [-0.2, 0) is 12.3 Å². The molecule has 2 aromatic rings. The van der Waals surface area contributed by atoms with Crippen molar-refractivity contribution < 1.29 is 0 Å². The summed E-state index contributed by atoms with van der Waals surface area (Å²) in [6, 6.07) is 3.71. The Morgan fingerprint density at radius 3 is 2.93 bits per heavy atom. The van der Waals surface area contributed by atoms with Crippen LogP contribution in [0.25, 0.3) is 5.82 Å². The van der Waals surface area contributed by atoms with Gasteiger partial charge in [-0.15, -0.1) is 16.7 Å². The fourth-order valence-electron chi connectivity index (χ4n) is 1.50. The molecule has 0 saturated carbocycles. The minimum Gasteiger partial charge on any atom is -0.217 e. The molecule has 0 radical (unpaired) electrons. The van der Waals surface area contributed by atoms with Crippen LogP contribution in [0.2, 0.25) is 0 Å². The highest BCUT2D eigenvalue weighted by Gasteiger charge is 2.10. The maximum atomic E-state index is 5.82. The van der Waals surface area contributed by atoms with Crippen LogP contribution < -0.4 is 0 Å². The molecule has 0 aliphatic rings. The lowest BCUT2D eigenvalue weighted by Crippen LogP contribution is -2.05. The Hall–Kier alpha value is -1.42. The average Bonchev–Trinajstić information content (AvgIpc) is 2.72. The third-order valence-corrected chi connectivity index (χ3v) is 2.50. The highest BCUT2D eigenvalue weighted by molar-refractivity contribution is 6.17. The molecule has 0 aliphatic heterocycles. The third kappa shape index (κ3) is 1.85. The van der Waals surface area contributed by atoms with E-state index in [4.69, 9.17) is 11.6 Å². The normalized spacial score (nSPS) is 10.5. The van der Waals surface area contributed by atoms with Crippen molar-refractivity contribution >= 4 is 11.6 Å². The van der Waals surface area contributed by atoms with E-state index in [1.54, 1.807) is 17.1 Å². The van der Waals surface area contributed by atoms with Gasteiger partial charge < -0.3 is 0 Å². The van der Waals surface area contributed by atoms with E-state index < -0.39 is 0 Å². The van der Waals surface area contributed by atoms with Crippen LogP contribution in [0.15, 0.2) is 24.5 Å². The maximum absolute atomic E-state index is 5.82. The number of hydrogen-bond donors (Lipinski definition) is 0. The first-order valence-corrected chi connectivity index (χ1v) is 5.30. The zero-order chi connectivity index (χ0) is 10.7. The molecule has 0 N–H and O–H groups in total. The molecule has 5 heteroatoms. The van der Waals surface area contributed by atoms with Gasteiger partial charge in [0.15, 0.2) is 5.82 Å². The van der Waals surface area contributed by atoms with Gasteiger partial charge in [-0.05, 0) is 18.6 Å². The van der Waals surface area contributed by atoms with Crippen LogP contribution in [0.3, 0.4) is 0 Å². The molecule has 15 heavy (non-hydrogen) atoms. The van der Waals surface area contributed by atoms with E-state index in [9.17, 15) is 0 Å². The Bertz CT molecular complexity index is 438. The summed E-state index contributed by atoms with van der Waals surface area (Å²) in [4.78, 5) is 0.